The number of carbonyl (C=O) groups excluding carboxylic acids is 2. The molecule has 8 nitrogen and oxygen atoms in total. The Morgan fingerprint density at radius 2 is 1.25 bits per heavy atom. The lowest BCUT2D eigenvalue weighted by Gasteiger charge is -2.11. The molecule has 0 radical (unpaired) electrons. The predicted molar refractivity (Wildman–Crippen MR) is 69.4 cm³/mol. The van der Waals surface area contributed by atoms with Crippen molar-refractivity contribution in [2.45, 2.75) is 24.3 Å². The summed E-state index contributed by atoms with van der Waals surface area (Å²) in [5.74, 6) is 0. The third-order valence-electron chi connectivity index (χ3n) is 4.33. The van der Waals surface area contributed by atoms with Gasteiger partial charge in [-0.2, -0.15) is 0 Å². The number of ether oxygens (including phenoxy) is 2. The molecule has 0 aliphatic carbocycles. The number of nitrogens with zero attached hydrogens (tertiary/aromatic N) is 2. The highest BCUT2D eigenvalue weighted by Crippen LogP contribution is 2.20. The van der Waals surface area contributed by atoms with Crippen LogP contribution < -0.4 is 10.6 Å². The molecule has 0 unspecified atom stereocenters. The topological polar surface area (TPSA) is 83.1 Å². The average Bonchev–Trinajstić information content (AvgIpc) is 3.13. The summed E-state index contributed by atoms with van der Waals surface area (Å²) in [6.45, 7) is 3.35. The zero-order valence-corrected chi connectivity index (χ0v) is 11.7. The van der Waals surface area contributed by atoms with E-state index in [4.69, 9.17) is 9.47 Å². The lowest BCUT2D eigenvalue weighted by molar-refractivity contribution is 0.136. The molecule has 8 heteroatoms. The molecule has 4 fully saturated rings. The molecule has 4 heterocycles. The van der Waals surface area contributed by atoms with Gasteiger partial charge in [-0.1, -0.05) is 0 Å². The first-order chi connectivity index (χ1) is 9.58. The third kappa shape index (κ3) is 2.18. The Bertz CT molecular complexity index is 380. The molecule has 0 saturated carbocycles. The molecule has 4 atom stereocenters. The molecule has 112 valence electrons. The highest BCUT2D eigenvalue weighted by atomic mass is 16.6. The van der Waals surface area contributed by atoms with Crippen LogP contribution in [0.25, 0.3) is 0 Å². The van der Waals surface area contributed by atoms with Gasteiger partial charge < -0.3 is 29.9 Å². The molecule has 4 aliphatic heterocycles. The summed E-state index contributed by atoms with van der Waals surface area (Å²) < 4.78 is 10.0. The van der Waals surface area contributed by atoms with E-state index in [1.54, 1.807) is 23.9 Å². The number of carbonyl (C=O) groups is 2. The molecule has 0 aromatic rings. The molecule has 0 aromatic heterocycles. The maximum Gasteiger partial charge on any atom is 0.410 e. The molecule has 0 aromatic carbocycles. The summed E-state index contributed by atoms with van der Waals surface area (Å²) in [5, 5.41) is 6.31. The summed E-state index contributed by atoms with van der Waals surface area (Å²) >= 11 is 0. The Balaban J connectivity index is 0.000000121. The van der Waals surface area contributed by atoms with E-state index in [0.29, 0.717) is 0 Å². The molecule has 4 rings (SSSR count). The van der Waals surface area contributed by atoms with Gasteiger partial charge in [-0.25, -0.2) is 9.59 Å². The number of nitrogens with one attached hydrogen (secondary N) is 2. The average molecular weight is 284 g/mol. The van der Waals surface area contributed by atoms with Crippen LogP contribution in [0.3, 0.4) is 0 Å². The van der Waals surface area contributed by atoms with Crippen LogP contribution in [-0.4, -0.2) is 86.6 Å². The van der Waals surface area contributed by atoms with Crippen LogP contribution in [0.1, 0.15) is 0 Å². The van der Waals surface area contributed by atoms with Gasteiger partial charge in [0.2, 0.25) is 0 Å². The number of fused-ring (bicyclic) bond motifs is 2. The number of rotatable bonds is 0. The molecule has 4 saturated heterocycles. The van der Waals surface area contributed by atoms with Gasteiger partial charge in [0.25, 0.3) is 0 Å². The van der Waals surface area contributed by atoms with Crippen molar-refractivity contribution >= 4 is 12.2 Å². The number of likely N-dealkylation sites (N-methyl/N-ethyl adjacent to an activating group) is 2. The Hall–Kier alpha value is -1.54. The highest BCUT2D eigenvalue weighted by molar-refractivity contribution is 5.71. The lowest BCUT2D eigenvalue weighted by Crippen LogP contribution is -2.33. The summed E-state index contributed by atoms with van der Waals surface area (Å²) in [6, 6.07) is 0.542. The molecule has 20 heavy (non-hydrogen) atoms. The molecule has 0 spiro atoms. The summed E-state index contributed by atoms with van der Waals surface area (Å²) in [7, 11) is 3.56. The molecule has 0 bridgehead atoms. The second-order valence-electron chi connectivity index (χ2n) is 5.52. The normalized spacial score (nSPS) is 38.1. The van der Waals surface area contributed by atoms with Gasteiger partial charge in [0.1, 0.15) is 12.2 Å². The summed E-state index contributed by atoms with van der Waals surface area (Å²) in [4.78, 5) is 25.0. The SMILES string of the molecule is CN1C(=O)O[C@@H]2CNC[C@@H]21.CN1C(=O)O[C@H]2CNC[C@H]21. The molecular formula is C12H20N4O4. The zero-order valence-electron chi connectivity index (χ0n) is 11.7. The van der Waals surface area contributed by atoms with Gasteiger partial charge in [0.05, 0.1) is 12.1 Å². The second kappa shape index (κ2) is 5.10. The fourth-order valence-electron chi connectivity index (χ4n) is 2.99. The molecule has 2 amide bonds. The van der Waals surface area contributed by atoms with Crippen LogP contribution in [0, 0.1) is 0 Å². The second-order valence-corrected chi connectivity index (χ2v) is 5.52. The summed E-state index contributed by atoms with van der Waals surface area (Å²) in [6.07, 6.45) is -0.178. The minimum absolute atomic E-state index is 0.0949. The first-order valence-electron chi connectivity index (χ1n) is 6.86. The minimum atomic E-state index is -0.184. The predicted octanol–water partition coefficient (Wildman–Crippen LogP) is -1.18. The zero-order chi connectivity index (χ0) is 14.3. The monoisotopic (exact) mass is 284 g/mol. The van der Waals surface area contributed by atoms with Gasteiger partial charge in [0, 0.05) is 40.3 Å². The Labute approximate surface area is 117 Å². The molecular weight excluding hydrogens is 264 g/mol. The highest BCUT2D eigenvalue weighted by Gasteiger charge is 2.43. The third-order valence-corrected chi connectivity index (χ3v) is 4.33. The van der Waals surface area contributed by atoms with Crippen molar-refractivity contribution in [3.05, 3.63) is 0 Å². The first kappa shape index (κ1) is 13.4. The molecule has 2 N–H and O–H groups in total. The number of hydrogen-bond donors (Lipinski definition) is 2. The van der Waals surface area contributed by atoms with Crippen LogP contribution in [0.15, 0.2) is 0 Å². The van der Waals surface area contributed by atoms with Crippen LogP contribution in [-0.2, 0) is 9.47 Å². The van der Waals surface area contributed by atoms with E-state index in [1.807, 2.05) is 0 Å². The van der Waals surface area contributed by atoms with E-state index in [9.17, 15) is 9.59 Å². The minimum Gasteiger partial charge on any atom is -0.442 e. The fourth-order valence-corrected chi connectivity index (χ4v) is 2.99. The standard InChI is InChI=1S/2C6H10N2O2/c2*1-8-4-2-7-3-5(4)10-6(8)9/h2*4-5,7H,2-3H2,1H3/t2*4-,5+/m10/s1. The van der Waals surface area contributed by atoms with E-state index >= 15 is 0 Å². The van der Waals surface area contributed by atoms with Crippen molar-refractivity contribution in [2.24, 2.45) is 0 Å². The Kier molecular flexibility index (Phi) is 3.43. The van der Waals surface area contributed by atoms with E-state index in [2.05, 4.69) is 10.6 Å². The van der Waals surface area contributed by atoms with Crippen molar-refractivity contribution in [2.75, 3.05) is 40.3 Å². The first-order valence-corrected chi connectivity index (χ1v) is 6.86. The van der Waals surface area contributed by atoms with Crippen LogP contribution in [0.2, 0.25) is 0 Å². The quantitative estimate of drug-likeness (QED) is 0.582. The van der Waals surface area contributed by atoms with Crippen LogP contribution in [0.5, 0.6) is 0 Å². The van der Waals surface area contributed by atoms with Crippen LogP contribution >= 0.6 is 0 Å². The van der Waals surface area contributed by atoms with Crippen LogP contribution in [0.4, 0.5) is 9.59 Å². The van der Waals surface area contributed by atoms with Crippen molar-refractivity contribution in [1.29, 1.82) is 0 Å². The van der Waals surface area contributed by atoms with E-state index < -0.39 is 0 Å². The van der Waals surface area contributed by atoms with E-state index in [0.717, 1.165) is 26.2 Å². The number of hydrogen-bond acceptors (Lipinski definition) is 6. The van der Waals surface area contributed by atoms with Gasteiger partial charge in [-0.15, -0.1) is 0 Å². The fraction of sp³-hybridized carbons (Fsp3) is 0.833. The maximum atomic E-state index is 10.9. The van der Waals surface area contributed by atoms with Gasteiger partial charge in [-0.3, -0.25) is 0 Å². The van der Waals surface area contributed by atoms with E-state index in [-0.39, 0.29) is 36.5 Å². The number of amides is 2. The Morgan fingerprint density at radius 1 is 0.850 bits per heavy atom. The molecule has 4 aliphatic rings. The summed E-state index contributed by atoms with van der Waals surface area (Å²) in [5.41, 5.74) is 0. The van der Waals surface area contributed by atoms with Crippen molar-refractivity contribution in [1.82, 2.24) is 20.4 Å². The Morgan fingerprint density at radius 3 is 1.60 bits per heavy atom. The van der Waals surface area contributed by atoms with E-state index in [1.165, 1.54) is 0 Å². The maximum absolute atomic E-state index is 10.9. The smallest absolute Gasteiger partial charge is 0.410 e. The largest absolute Gasteiger partial charge is 0.442 e. The van der Waals surface area contributed by atoms with Crippen molar-refractivity contribution in [3.8, 4) is 0 Å². The lowest BCUT2D eigenvalue weighted by atomic mass is 10.2. The van der Waals surface area contributed by atoms with Gasteiger partial charge in [-0.05, 0) is 0 Å². The van der Waals surface area contributed by atoms with Gasteiger partial charge >= 0.3 is 12.2 Å². The van der Waals surface area contributed by atoms with Crippen molar-refractivity contribution in [3.63, 3.8) is 0 Å². The van der Waals surface area contributed by atoms with Gasteiger partial charge in [0.15, 0.2) is 0 Å². The van der Waals surface area contributed by atoms with Crippen molar-refractivity contribution < 1.29 is 19.1 Å².